The number of nitrogens with zero attached hydrogens (tertiary/aromatic N) is 1. The van der Waals surface area contributed by atoms with Gasteiger partial charge in [-0.05, 0) is 43.7 Å². The standard InChI is InChI=1S/C20H24F2N2O5S/c1-5-29-19-10-14(6-9-18(19)28-3)12-23-20(25)13(2)24(30(4,26)27)15-7-8-16(21)17(22)11-15/h6-11,13H,5,12H2,1-4H3,(H,23,25)/t13-/m1/s1. The largest absolute Gasteiger partial charge is 0.493 e. The number of hydrogen-bond acceptors (Lipinski definition) is 5. The highest BCUT2D eigenvalue weighted by Crippen LogP contribution is 2.28. The van der Waals surface area contributed by atoms with Crippen molar-refractivity contribution in [3.8, 4) is 11.5 Å². The summed E-state index contributed by atoms with van der Waals surface area (Å²) in [5, 5.41) is 2.64. The lowest BCUT2D eigenvalue weighted by Crippen LogP contribution is -2.47. The van der Waals surface area contributed by atoms with Crippen LogP contribution in [0.25, 0.3) is 0 Å². The van der Waals surface area contributed by atoms with Crippen molar-refractivity contribution in [1.29, 1.82) is 0 Å². The molecule has 0 aliphatic carbocycles. The zero-order chi connectivity index (χ0) is 22.5. The van der Waals surface area contributed by atoms with Gasteiger partial charge in [0.15, 0.2) is 23.1 Å². The summed E-state index contributed by atoms with van der Waals surface area (Å²) in [7, 11) is -2.44. The molecule has 0 heterocycles. The number of sulfonamides is 1. The highest BCUT2D eigenvalue weighted by molar-refractivity contribution is 7.92. The van der Waals surface area contributed by atoms with Crippen molar-refractivity contribution in [1.82, 2.24) is 5.32 Å². The predicted octanol–water partition coefficient (Wildman–Crippen LogP) is 2.84. The number of amides is 1. The third-order valence-electron chi connectivity index (χ3n) is 4.24. The molecule has 10 heteroatoms. The van der Waals surface area contributed by atoms with E-state index in [2.05, 4.69) is 5.32 Å². The van der Waals surface area contributed by atoms with Crippen LogP contribution in [-0.4, -0.2) is 40.3 Å². The van der Waals surface area contributed by atoms with E-state index in [1.807, 2.05) is 6.92 Å². The summed E-state index contributed by atoms with van der Waals surface area (Å²) >= 11 is 0. The maximum atomic E-state index is 13.6. The van der Waals surface area contributed by atoms with E-state index < -0.39 is 33.6 Å². The third kappa shape index (κ3) is 5.59. The Morgan fingerprint density at radius 2 is 1.83 bits per heavy atom. The van der Waals surface area contributed by atoms with Crippen molar-refractivity contribution in [3.63, 3.8) is 0 Å². The maximum absolute atomic E-state index is 13.6. The molecule has 1 N–H and O–H groups in total. The number of carbonyl (C=O) groups is 1. The predicted molar refractivity (Wildman–Crippen MR) is 109 cm³/mol. The van der Waals surface area contributed by atoms with E-state index in [0.29, 0.717) is 23.7 Å². The molecule has 2 aromatic rings. The van der Waals surface area contributed by atoms with Gasteiger partial charge < -0.3 is 14.8 Å². The average molecular weight is 442 g/mol. The van der Waals surface area contributed by atoms with Gasteiger partial charge in [-0.3, -0.25) is 9.10 Å². The summed E-state index contributed by atoms with van der Waals surface area (Å²) in [5.74, 6) is -1.88. The first-order valence-corrected chi connectivity index (χ1v) is 10.9. The molecule has 7 nitrogen and oxygen atoms in total. The lowest BCUT2D eigenvalue weighted by molar-refractivity contribution is -0.122. The second-order valence-electron chi connectivity index (χ2n) is 6.47. The van der Waals surface area contributed by atoms with Gasteiger partial charge in [0.2, 0.25) is 15.9 Å². The van der Waals surface area contributed by atoms with Gasteiger partial charge in [-0.25, -0.2) is 17.2 Å². The van der Waals surface area contributed by atoms with E-state index >= 15 is 0 Å². The summed E-state index contributed by atoms with van der Waals surface area (Å²) < 4.78 is 62.7. The quantitative estimate of drug-likeness (QED) is 0.646. The molecular weight excluding hydrogens is 418 g/mol. The van der Waals surface area contributed by atoms with E-state index in [9.17, 15) is 22.0 Å². The second-order valence-corrected chi connectivity index (χ2v) is 8.33. The zero-order valence-corrected chi connectivity index (χ0v) is 17.9. The summed E-state index contributed by atoms with van der Waals surface area (Å²) in [6.07, 6.45) is 0.885. The summed E-state index contributed by atoms with van der Waals surface area (Å²) in [6, 6.07) is 6.57. The Balaban J connectivity index is 2.20. The lowest BCUT2D eigenvalue weighted by Gasteiger charge is -2.28. The summed E-state index contributed by atoms with van der Waals surface area (Å²) in [6.45, 7) is 3.72. The fourth-order valence-corrected chi connectivity index (χ4v) is 4.03. The number of anilines is 1. The molecule has 0 radical (unpaired) electrons. The minimum absolute atomic E-state index is 0.0998. The van der Waals surface area contributed by atoms with Crippen LogP contribution in [0.15, 0.2) is 36.4 Å². The number of hydrogen-bond donors (Lipinski definition) is 1. The van der Waals surface area contributed by atoms with Gasteiger partial charge in [0.25, 0.3) is 0 Å². The topological polar surface area (TPSA) is 84.9 Å². The summed E-state index contributed by atoms with van der Waals surface area (Å²) in [4.78, 5) is 12.6. The van der Waals surface area contributed by atoms with Crippen molar-refractivity contribution in [2.75, 3.05) is 24.3 Å². The molecule has 0 saturated heterocycles. The molecule has 0 fully saturated rings. The van der Waals surface area contributed by atoms with Crippen molar-refractivity contribution in [2.24, 2.45) is 0 Å². The Hall–Kier alpha value is -2.88. The molecule has 0 spiro atoms. The molecule has 164 valence electrons. The molecule has 30 heavy (non-hydrogen) atoms. The van der Waals surface area contributed by atoms with Gasteiger partial charge in [0.1, 0.15) is 6.04 Å². The smallest absolute Gasteiger partial charge is 0.243 e. The molecule has 2 aromatic carbocycles. The molecule has 2 rings (SSSR count). The van der Waals surface area contributed by atoms with Gasteiger partial charge in [-0.2, -0.15) is 0 Å². The van der Waals surface area contributed by atoms with E-state index in [1.54, 1.807) is 18.2 Å². The third-order valence-corrected chi connectivity index (χ3v) is 5.48. The minimum Gasteiger partial charge on any atom is -0.493 e. The SMILES string of the molecule is CCOc1cc(CNC(=O)[C@@H](C)N(c2ccc(F)c(F)c2)S(C)(=O)=O)ccc1OC. The van der Waals surface area contributed by atoms with Crippen LogP contribution in [0.2, 0.25) is 0 Å². The minimum atomic E-state index is -3.95. The number of carbonyl (C=O) groups excluding carboxylic acids is 1. The number of nitrogens with one attached hydrogen (secondary N) is 1. The van der Waals surface area contributed by atoms with E-state index in [-0.39, 0.29) is 12.2 Å². The highest BCUT2D eigenvalue weighted by Gasteiger charge is 2.29. The van der Waals surface area contributed by atoms with Crippen molar-refractivity contribution < 1.29 is 31.5 Å². The van der Waals surface area contributed by atoms with E-state index in [0.717, 1.165) is 28.8 Å². The maximum Gasteiger partial charge on any atom is 0.243 e. The molecule has 0 bridgehead atoms. The van der Waals surface area contributed by atoms with Crippen LogP contribution in [0.1, 0.15) is 19.4 Å². The molecular formula is C20H24F2N2O5S. The fraction of sp³-hybridized carbons (Fsp3) is 0.350. The molecule has 0 aliphatic heterocycles. The van der Waals surface area contributed by atoms with Gasteiger partial charge in [-0.1, -0.05) is 6.07 Å². The number of benzene rings is 2. The van der Waals surface area contributed by atoms with Crippen LogP contribution in [0, 0.1) is 11.6 Å². The van der Waals surface area contributed by atoms with Crippen molar-refractivity contribution in [3.05, 3.63) is 53.6 Å². The van der Waals surface area contributed by atoms with Crippen LogP contribution >= 0.6 is 0 Å². The first kappa shape index (κ1) is 23.4. The Kier molecular flexibility index (Phi) is 7.60. The zero-order valence-electron chi connectivity index (χ0n) is 17.1. The van der Waals surface area contributed by atoms with Gasteiger partial charge in [0.05, 0.1) is 25.7 Å². The van der Waals surface area contributed by atoms with Crippen LogP contribution in [0.5, 0.6) is 11.5 Å². The molecule has 0 aliphatic rings. The normalized spacial score (nSPS) is 12.2. The lowest BCUT2D eigenvalue weighted by atomic mass is 10.2. The van der Waals surface area contributed by atoms with Gasteiger partial charge >= 0.3 is 0 Å². The number of halogens is 2. The van der Waals surface area contributed by atoms with Crippen LogP contribution in [0.4, 0.5) is 14.5 Å². The van der Waals surface area contributed by atoms with Crippen LogP contribution in [0.3, 0.4) is 0 Å². The Labute approximate surface area is 174 Å². The molecule has 0 saturated carbocycles. The second kappa shape index (κ2) is 9.75. The number of rotatable bonds is 9. The van der Waals surface area contributed by atoms with Crippen molar-refractivity contribution in [2.45, 2.75) is 26.4 Å². The fourth-order valence-electron chi connectivity index (χ4n) is 2.87. The molecule has 1 atom stereocenters. The monoisotopic (exact) mass is 442 g/mol. The van der Waals surface area contributed by atoms with E-state index in [1.165, 1.54) is 14.0 Å². The Morgan fingerprint density at radius 1 is 1.13 bits per heavy atom. The Morgan fingerprint density at radius 3 is 2.40 bits per heavy atom. The molecule has 0 aromatic heterocycles. The van der Waals surface area contributed by atoms with Crippen molar-refractivity contribution >= 4 is 21.6 Å². The molecule has 1 amide bonds. The molecule has 0 unspecified atom stereocenters. The van der Waals surface area contributed by atoms with Gasteiger partial charge in [-0.15, -0.1) is 0 Å². The number of methoxy groups -OCH3 is 1. The number of ether oxygens (including phenoxy) is 2. The van der Waals surface area contributed by atoms with Gasteiger partial charge in [0, 0.05) is 12.6 Å². The van der Waals surface area contributed by atoms with Crippen LogP contribution < -0.4 is 19.1 Å². The van der Waals surface area contributed by atoms with E-state index in [4.69, 9.17) is 9.47 Å². The highest BCUT2D eigenvalue weighted by atomic mass is 32.2. The summed E-state index contributed by atoms with van der Waals surface area (Å²) in [5.41, 5.74) is 0.556. The van der Waals surface area contributed by atoms with Crippen LogP contribution in [-0.2, 0) is 21.4 Å². The first-order chi connectivity index (χ1) is 14.1. The Bertz CT molecular complexity index is 1010. The first-order valence-electron chi connectivity index (χ1n) is 9.10. The average Bonchev–Trinajstić information content (AvgIpc) is 2.68.